The van der Waals surface area contributed by atoms with Crippen molar-refractivity contribution in [3.05, 3.63) is 120 Å². The van der Waals surface area contributed by atoms with Crippen LogP contribution in [-0.2, 0) is 6.42 Å². The van der Waals surface area contributed by atoms with Crippen LogP contribution in [0.4, 0.5) is 4.39 Å². The lowest BCUT2D eigenvalue weighted by atomic mass is 9.89. The van der Waals surface area contributed by atoms with Crippen LogP contribution in [-0.4, -0.2) is 60.1 Å². The zero-order valence-corrected chi connectivity index (χ0v) is 23.1. The average molecular weight is 539 g/mol. The van der Waals surface area contributed by atoms with Gasteiger partial charge in [0, 0.05) is 31.8 Å². The summed E-state index contributed by atoms with van der Waals surface area (Å²) in [5, 5.41) is 10.7. The Morgan fingerprint density at radius 1 is 0.800 bits per heavy atom. The zero-order valence-electron chi connectivity index (χ0n) is 23.1. The lowest BCUT2D eigenvalue weighted by Crippen LogP contribution is -2.37. The Labute approximate surface area is 237 Å². The summed E-state index contributed by atoms with van der Waals surface area (Å²) in [5.41, 5.74) is 3.27. The fourth-order valence-electron chi connectivity index (χ4n) is 6.07. The molecule has 4 aromatic rings. The van der Waals surface area contributed by atoms with E-state index >= 15 is 0 Å². The van der Waals surface area contributed by atoms with Crippen LogP contribution in [0.15, 0.2) is 97.1 Å². The average Bonchev–Trinajstić information content (AvgIpc) is 3.47. The van der Waals surface area contributed by atoms with Gasteiger partial charge in [-0.05, 0) is 90.7 Å². The Morgan fingerprint density at radius 2 is 1.50 bits per heavy atom. The molecule has 0 saturated carbocycles. The van der Waals surface area contributed by atoms with Gasteiger partial charge in [-0.25, -0.2) is 4.39 Å². The van der Waals surface area contributed by atoms with Crippen LogP contribution < -0.4 is 0 Å². The highest BCUT2D eigenvalue weighted by Gasteiger charge is 2.30. The van der Waals surface area contributed by atoms with E-state index in [1.54, 1.807) is 12.1 Å². The van der Waals surface area contributed by atoms with Gasteiger partial charge >= 0.3 is 0 Å². The number of nitrogens with zero attached hydrogens (tertiary/aromatic N) is 2. The van der Waals surface area contributed by atoms with Crippen molar-refractivity contribution in [3.63, 3.8) is 0 Å². The molecule has 0 aromatic heterocycles. The molecule has 2 heterocycles. The second-order valence-electron chi connectivity index (χ2n) is 11.0. The summed E-state index contributed by atoms with van der Waals surface area (Å²) in [6.07, 6.45) is 4.09. The van der Waals surface area contributed by atoms with Gasteiger partial charge in [-0.2, -0.15) is 0 Å². The third kappa shape index (κ3) is 7.15. The van der Waals surface area contributed by atoms with Crippen molar-refractivity contribution in [2.45, 2.75) is 31.6 Å². The molecule has 0 unspecified atom stereocenters. The van der Waals surface area contributed by atoms with Gasteiger partial charge in [-0.1, -0.05) is 78.9 Å². The first-order valence-electron chi connectivity index (χ1n) is 14.5. The molecule has 1 amide bonds. The Kier molecular flexibility index (Phi) is 9.58. The minimum Gasteiger partial charge on any atom is -0.396 e. The van der Waals surface area contributed by atoms with Gasteiger partial charge in [-0.3, -0.25) is 4.79 Å². The minimum absolute atomic E-state index is 0.161. The van der Waals surface area contributed by atoms with E-state index in [0.29, 0.717) is 11.8 Å². The fourth-order valence-corrected chi connectivity index (χ4v) is 6.07. The van der Waals surface area contributed by atoms with Crippen LogP contribution >= 0.6 is 0 Å². The second kappa shape index (κ2) is 13.7. The molecule has 2 aliphatic heterocycles. The number of halogens is 1. The highest BCUT2D eigenvalue weighted by molar-refractivity contribution is 6.07. The topological polar surface area (TPSA) is 43.8 Å². The molecule has 5 heteroatoms. The predicted molar refractivity (Wildman–Crippen MR) is 160 cm³/mol. The highest BCUT2D eigenvalue weighted by Crippen LogP contribution is 2.30. The normalized spacial score (nSPS) is 17.9. The van der Waals surface area contributed by atoms with Crippen LogP contribution in [0.1, 0.15) is 46.7 Å². The van der Waals surface area contributed by atoms with Gasteiger partial charge in [0.25, 0.3) is 5.91 Å². The van der Waals surface area contributed by atoms with E-state index in [9.17, 15) is 9.18 Å². The number of benzene rings is 4. The van der Waals surface area contributed by atoms with E-state index in [4.69, 9.17) is 5.11 Å². The number of likely N-dealkylation sites (tertiary alicyclic amines) is 2. The fraction of sp³-hybridized carbons (Fsp3) is 0.343. The molecule has 0 bridgehead atoms. The van der Waals surface area contributed by atoms with Gasteiger partial charge in [0.05, 0.1) is 0 Å². The van der Waals surface area contributed by atoms with E-state index in [-0.39, 0.29) is 18.3 Å². The first-order valence-corrected chi connectivity index (χ1v) is 14.5. The zero-order chi connectivity index (χ0) is 27.7. The molecule has 2 saturated heterocycles. The van der Waals surface area contributed by atoms with Gasteiger partial charge < -0.3 is 14.9 Å². The molecule has 4 nitrogen and oxygen atoms in total. The summed E-state index contributed by atoms with van der Waals surface area (Å²) < 4.78 is 13.2. The van der Waals surface area contributed by atoms with Crippen molar-refractivity contribution in [1.82, 2.24) is 9.80 Å². The molecule has 1 atom stereocenters. The smallest absolute Gasteiger partial charge is 0.254 e. The maximum absolute atomic E-state index is 13.2. The molecular formula is C35H39FN2O2. The number of aliphatic hydroxyl groups is 1. The number of amides is 1. The molecular weight excluding hydrogens is 499 g/mol. The SMILES string of the molecule is O=C(c1cccc2ccccc12)N1CC[C@H](CN2CCC(c3ccc(F)cc3)CC2)C1.OCCc1ccccc1. The van der Waals surface area contributed by atoms with Gasteiger partial charge in [0.15, 0.2) is 0 Å². The Morgan fingerprint density at radius 3 is 2.25 bits per heavy atom. The van der Waals surface area contributed by atoms with E-state index in [1.165, 1.54) is 11.1 Å². The summed E-state index contributed by atoms with van der Waals surface area (Å²) >= 11 is 0. The molecule has 208 valence electrons. The summed E-state index contributed by atoms with van der Waals surface area (Å²) in [5.74, 6) is 1.07. The standard InChI is InChI=1S/C27H29FN2O.C8H10O/c28-24-10-8-21(9-11-24)22-13-15-29(16-14-22)18-20-12-17-30(19-20)27(31)26-7-3-5-23-4-1-2-6-25(23)26;9-7-6-8-4-2-1-3-5-8/h1-11,20,22H,12-19H2;1-5,9H,6-7H2/t20-;/m1./s1. The number of rotatable bonds is 6. The van der Waals surface area contributed by atoms with Crippen molar-refractivity contribution in [2.75, 3.05) is 39.3 Å². The first kappa shape index (κ1) is 28.0. The molecule has 4 aromatic carbocycles. The van der Waals surface area contributed by atoms with Crippen molar-refractivity contribution < 1.29 is 14.3 Å². The van der Waals surface area contributed by atoms with Gasteiger partial charge in [-0.15, -0.1) is 0 Å². The Balaban J connectivity index is 0.000000306. The van der Waals surface area contributed by atoms with Crippen LogP contribution in [0.3, 0.4) is 0 Å². The number of piperidine rings is 1. The first-order chi connectivity index (χ1) is 19.6. The molecule has 0 spiro atoms. The monoisotopic (exact) mass is 538 g/mol. The maximum Gasteiger partial charge on any atom is 0.254 e. The third-order valence-electron chi connectivity index (χ3n) is 8.28. The highest BCUT2D eigenvalue weighted by atomic mass is 19.1. The van der Waals surface area contributed by atoms with Gasteiger partial charge in [0.2, 0.25) is 0 Å². The van der Waals surface area contributed by atoms with Crippen molar-refractivity contribution >= 4 is 16.7 Å². The van der Waals surface area contributed by atoms with Gasteiger partial charge in [0.1, 0.15) is 5.82 Å². The van der Waals surface area contributed by atoms with Crippen molar-refractivity contribution in [3.8, 4) is 0 Å². The number of carbonyl (C=O) groups is 1. The molecule has 2 aliphatic rings. The Bertz CT molecular complexity index is 1360. The predicted octanol–water partition coefficient (Wildman–Crippen LogP) is 6.54. The number of carbonyl (C=O) groups excluding carboxylic acids is 1. The minimum atomic E-state index is -0.162. The second-order valence-corrected chi connectivity index (χ2v) is 11.0. The Hall–Kier alpha value is -3.54. The lowest BCUT2D eigenvalue weighted by Gasteiger charge is -2.33. The number of aliphatic hydroxyl groups excluding tert-OH is 1. The number of hydrogen-bond acceptors (Lipinski definition) is 3. The quantitative estimate of drug-likeness (QED) is 0.303. The molecule has 1 N–H and O–H groups in total. The summed E-state index contributed by atoms with van der Waals surface area (Å²) in [6, 6.07) is 31.1. The molecule has 6 rings (SSSR count). The number of fused-ring (bicyclic) bond motifs is 1. The third-order valence-corrected chi connectivity index (χ3v) is 8.28. The van der Waals surface area contributed by atoms with Crippen molar-refractivity contribution in [1.29, 1.82) is 0 Å². The maximum atomic E-state index is 13.2. The molecule has 40 heavy (non-hydrogen) atoms. The summed E-state index contributed by atoms with van der Waals surface area (Å²) in [6.45, 7) is 5.16. The summed E-state index contributed by atoms with van der Waals surface area (Å²) in [7, 11) is 0. The van der Waals surface area contributed by atoms with E-state index in [0.717, 1.165) is 74.7 Å². The van der Waals surface area contributed by atoms with Crippen LogP contribution in [0.5, 0.6) is 0 Å². The van der Waals surface area contributed by atoms with Crippen molar-refractivity contribution in [2.24, 2.45) is 5.92 Å². The summed E-state index contributed by atoms with van der Waals surface area (Å²) in [4.78, 5) is 17.8. The molecule has 0 radical (unpaired) electrons. The lowest BCUT2D eigenvalue weighted by molar-refractivity contribution is 0.0784. The van der Waals surface area contributed by atoms with Crippen LogP contribution in [0, 0.1) is 11.7 Å². The van der Waals surface area contributed by atoms with E-state index in [2.05, 4.69) is 17.0 Å². The number of hydrogen-bond donors (Lipinski definition) is 1. The van der Waals surface area contributed by atoms with Crippen LogP contribution in [0.2, 0.25) is 0 Å². The largest absolute Gasteiger partial charge is 0.396 e. The van der Waals surface area contributed by atoms with E-state index in [1.807, 2.05) is 77.7 Å². The van der Waals surface area contributed by atoms with Crippen LogP contribution in [0.25, 0.3) is 10.8 Å². The molecule has 0 aliphatic carbocycles. The molecule has 2 fully saturated rings. The van der Waals surface area contributed by atoms with E-state index < -0.39 is 0 Å².